The number of aryl methyl sites for hydroxylation is 1. The highest BCUT2D eigenvalue weighted by atomic mass is 16.6. The fourth-order valence-electron chi connectivity index (χ4n) is 3.89. The summed E-state index contributed by atoms with van der Waals surface area (Å²) in [5.41, 5.74) is 4.59. The van der Waals surface area contributed by atoms with Gasteiger partial charge in [-0.2, -0.15) is 0 Å². The van der Waals surface area contributed by atoms with Crippen molar-refractivity contribution >= 4 is 17.0 Å². The molecule has 1 aliphatic rings. The summed E-state index contributed by atoms with van der Waals surface area (Å²) in [4.78, 5) is 20.7. The molecular formula is C22H24N2O2. The first-order valence-electron chi connectivity index (χ1n) is 9.19. The standard InChI is InChI=1S/C22H24N2O2/c1-22(2,3)26-21(25)19-17-9-6-12-23-20(17)24-18(19)13-15-11-10-14-7-4-5-8-16(14)15/h4-9,12,15H,10-11,13H2,1-3H3,(H,23,24). The van der Waals surface area contributed by atoms with Gasteiger partial charge >= 0.3 is 5.97 Å². The summed E-state index contributed by atoms with van der Waals surface area (Å²) < 4.78 is 5.68. The number of rotatable bonds is 3. The Kier molecular flexibility index (Phi) is 4.06. The molecule has 0 spiro atoms. The number of hydrogen-bond acceptors (Lipinski definition) is 3. The average Bonchev–Trinajstić information content (AvgIpc) is 3.15. The van der Waals surface area contributed by atoms with Crippen molar-refractivity contribution in [1.82, 2.24) is 9.97 Å². The Morgan fingerprint density at radius 1 is 1.23 bits per heavy atom. The zero-order valence-corrected chi connectivity index (χ0v) is 15.5. The van der Waals surface area contributed by atoms with Crippen LogP contribution in [0.4, 0.5) is 0 Å². The van der Waals surface area contributed by atoms with Crippen LogP contribution in [-0.4, -0.2) is 21.5 Å². The van der Waals surface area contributed by atoms with Crippen LogP contribution in [0.5, 0.6) is 0 Å². The van der Waals surface area contributed by atoms with Gasteiger partial charge < -0.3 is 9.72 Å². The van der Waals surface area contributed by atoms with Gasteiger partial charge in [-0.05, 0) is 69.2 Å². The summed E-state index contributed by atoms with van der Waals surface area (Å²) in [6.45, 7) is 5.68. The molecule has 0 radical (unpaired) electrons. The minimum Gasteiger partial charge on any atom is -0.456 e. The predicted molar refractivity (Wildman–Crippen MR) is 102 cm³/mol. The smallest absolute Gasteiger partial charge is 0.341 e. The second-order valence-electron chi connectivity index (χ2n) is 8.02. The molecule has 0 saturated carbocycles. The highest BCUT2D eigenvalue weighted by Crippen LogP contribution is 2.37. The van der Waals surface area contributed by atoms with Crippen molar-refractivity contribution in [2.45, 2.75) is 51.6 Å². The van der Waals surface area contributed by atoms with Crippen molar-refractivity contribution in [3.05, 3.63) is 65.0 Å². The van der Waals surface area contributed by atoms with Gasteiger partial charge in [-0.3, -0.25) is 0 Å². The maximum absolute atomic E-state index is 12.9. The van der Waals surface area contributed by atoms with Gasteiger partial charge in [-0.1, -0.05) is 24.3 Å². The number of hydrogen-bond donors (Lipinski definition) is 1. The second kappa shape index (κ2) is 6.27. The summed E-state index contributed by atoms with van der Waals surface area (Å²) in [5.74, 6) is 0.137. The van der Waals surface area contributed by atoms with Crippen LogP contribution < -0.4 is 0 Å². The molecule has 134 valence electrons. The number of H-pyrrole nitrogens is 1. The SMILES string of the molecule is CC(C)(C)OC(=O)c1c(CC2CCc3ccccc32)[nH]c2ncccc12. The number of carbonyl (C=O) groups is 1. The molecule has 0 bridgehead atoms. The van der Waals surface area contributed by atoms with Gasteiger partial charge in [0, 0.05) is 17.3 Å². The highest BCUT2D eigenvalue weighted by Gasteiger charge is 2.28. The van der Waals surface area contributed by atoms with Crippen LogP contribution in [0, 0.1) is 0 Å². The van der Waals surface area contributed by atoms with E-state index in [9.17, 15) is 4.79 Å². The second-order valence-corrected chi connectivity index (χ2v) is 8.02. The molecule has 4 rings (SSSR count). The number of esters is 1. The lowest BCUT2D eigenvalue weighted by molar-refractivity contribution is 0.00706. The number of aromatic amines is 1. The maximum atomic E-state index is 12.9. The molecule has 1 atom stereocenters. The summed E-state index contributed by atoms with van der Waals surface area (Å²) in [6, 6.07) is 12.4. The lowest BCUT2D eigenvalue weighted by Crippen LogP contribution is -2.24. The molecule has 1 aliphatic carbocycles. The van der Waals surface area contributed by atoms with Gasteiger partial charge in [0.2, 0.25) is 0 Å². The molecule has 0 amide bonds. The number of aromatic nitrogens is 2. The predicted octanol–water partition coefficient (Wildman–Crippen LogP) is 4.79. The molecule has 0 saturated heterocycles. The van der Waals surface area contributed by atoms with E-state index in [0.717, 1.165) is 36.0 Å². The minimum absolute atomic E-state index is 0.280. The minimum atomic E-state index is -0.528. The maximum Gasteiger partial charge on any atom is 0.341 e. The molecule has 4 heteroatoms. The van der Waals surface area contributed by atoms with E-state index in [1.165, 1.54) is 11.1 Å². The largest absolute Gasteiger partial charge is 0.456 e. The van der Waals surface area contributed by atoms with Crippen molar-refractivity contribution in [1.29, 1.82) is 0 Å². The van der Waals surface area contributed by atoms with E-state index >= 15 is 0 Å². The molecule has 0 aliphatic heterocycles. The van der Waals surface area contributed by atoms with Crippen LogP contribution in [0.3, 0.4) is 0 Å². The van der Waals surface area contributed by atoms with Gasteiger partial charge in [0.1, 0.15) is 11.2 Å². The Morgan fingerprint density at radius 3 is 2.85 bits per heavy atom. The first-order chi connectivity index (χ1) is 12.4. The third-order valence-corrected chi connectivity index (χ3v) is 4.96. The summed E-state index contributed by atoms with van der Waals surface area (Å²) >= 11 is 0. The van der Waals surface area contributed by atoms with Crippen molar-refractivity contribution in [3.63, 3.8) is 0 Å². The van der Waals surface area contributed by atoms with Crippen LogP contribution in [0.15, 0.2) is 42.6 Å². The molecule has 1 aromatic carbocycles. The first kappa shape index (κ1) is 16.8. The fourth-order valence-corrected chi connectivity index (χ4v) is 3.89. The van der Waals surface area contributed by atoms with Gasteiger partial charge in [0.15, 0.2) is 0 Å². The molecule has 1 N–H and O–H groups in total. The molecule has 4 nitrogen and oxygen atoms in total. The zero-order chi connectivity index (χ0) is 18.3. The fraction of sp³-hybridized carbons (Fsp3) is 0.364. The first-order valence-corrected chi connectivity index (χ1v) is 9.19. The molecule has 0 fully saturated rings. The Labute approximate surface area is 153 Å². The molecule has 1 unspecified atom stereocenters. The highest BCUT2D eigenvalue weighted by molar-refractivity contribution is 6.04. The van der Waals surface area contributed by atoms with Crippen LogP contribution in [0.1, 0.15) is 60.3 Å². The number of nitrogens with one attached hydrogen (secondary N) is 1. The number of fused-ring (bicyclic) bond motifs is 2. The van der Waals surface area contributed by atoms with Crippen LogP contribution in [0.2, 0.25) is 0 Å². The Bertz CT molecular complexity index is 966. The van der Waals surface area contributed by atoms with Gasteiger partial charge in [-0.15, -0.1) is 0 Å². The molecule has 3 aromatic rings. The molecular weight excluding hydrogens is 324 g/mol. The number of pyridine rings is 1. The Hall–Kier alpha value is -2.62. The number of benzene rings is 1. The van der Waals surface area contributed by atoms with Gasteiger partial charge in [0.25, 0.3) is 0 Å². The van der Waals surface area contributed by atoms with Crippen molar-refractivity contribution in [3.8, 4) is 0 Å². The van der Waals surface area contributed by atoms with Crippen molar-refractivity contribution in [2.75, 3.05) is 0 Å². The van der Waals surface area contributed by atoms with E-state index in [4.69, 9.17) is 4.74 Å². The summed E-state index contributed by atoms with van der Waals surface area (Å²) in [7, 11) is 0. The summed E-state index contributed by atoms with van der Waals surface area (Å²) in [6.07, 6.45) is 4.74. The quantitative estimate of drug-likeness (QED) is 0.692. The van der Waals surface area contributed by atoms with Crippen LogP contribution in [0.25, 0.3) is 11.0 Å². The van der Waals surface area contributed by atoms with E-state index in [0.29, 0.717) is 11.5 Å². The van der Waals surface area contributed by atoms with E-state index in [-0.39, 0.29) is 5.97 Å². The Balaban J connectivity index is 1.73. The topological polar surface area (TPSA) is 55.0 Å². The van der Waals surface area contributed by atoms with E-state index < -0.39 is 5.60 Å². The van der Waals surface area contributed by atoms with E-state index in [1.807, 2.05) is 32.9 Å². The number of nitrogens with zero attached hydrogens (tertiary/aromatic N) is 1. The van der Waals surface area contributed by atoms with E-state index in [2.05, 4.69) is 34.2 Å². The van der Waals surface area contributed by atoms with Crippen LogP contribution >= 0.6 is 0 Å². The van der Waals surface area contributed by atoms with Gasteiger partial charge in [0.05, 0.1) is 5.56 Å². The van der Waals surface area contributed by atoms with Crippen molar-refractivity contribution in [2.24, 2.45) is 0 Å². The lowest BCUT2D eigenvalue weighted by atomic mass is 9.94. The molecule has 2 heterocycles. The third kappa shape index (κ3) is 3.12. The molecule has 2 aromatic heterocycles. The zero-order valence-electron chi connectivity index (χ0n) is 15.5. The van der Waals surface area contributed by atoms with E-state index in [1.54, 1.807) is 6.20 Å². The summed E-state index contributed by atoms with van der Waals surface area (Å²) in [5, 5.41) is 0.836. The van der Waals surface area contributed by atoms with Crippen molar-refractivity contribution < 1.29 is 9.53 Å². The van der Waals surface area contributed by atoms with Crippen LogP contribution in [-0.2, 0) is 17.6 Å². The average molecular weight is 348 g/mol. The lowest BCUT2D eigenvalue weighted by Gasteiger charge is -2.20. The Morgan fingerprint density at radius 2 is 2.04 bits per heavy atom. The molecule has 26 heavy (non-hydrogen) atoms. The number of ether oxygens (including phenoxy) is 1. The number of carbonyl (C=O) groups excluding carboxylic acids is 1. The monoisotopic (exact) mass is 348 g/mol. The third-order valence-electron chi connectivity index (χ3n) is 4.96. The normalized spacial score (nSPS) is 16.7. The van der Waals surface area contributed by atoms with Gasteiger partial charge in [-0.25, -0.2) is 9.78 Å².